The molecule has 8 nitrogen and oxygen atoms in total. The predicted octanol–water partition coefficient (Wildman–Crippen LogP) is 5.26. The third-order valence-electron chi connectivity index (χ3n) is 7.40. The Bertz CT molecular complexity index is 1240. The van der Waals surface area contributed by atoms with Gasteiger partial charge in [-0.15, -0.1) is 5.10 Å². The van der Waals surface area contributed by atoms with E-state index in [0.717, 1.165) is 36.1 Å². The van der Waals surface area contributed by atoms with Gasteiger partial charge in [-0.25, -0.2) is 23.3 Å². The molecule has 2 fully saturated rings. The topological polar surface area (TPSA) is 82.7 Å². The van der Waals surface area contributed by atoms with E-state index in [9.17, 15) is 8.78 Å². The van der Waals surface area contributed by atoms with E-state index in [1.165, 1.54) is 25.9 Å². The van der Waals surface area contributed by atoms with Gasteiger partial charge >= 0.3 is 0 Å². The summed E-state index contributed by atoms with van der Waals surface area (Å²) in [4.78, 5) is 16.1. The van der Waals surface area contributed by atoms with Crippen LogP contribution in [0.25, 0.3) is 16.8 Å². The Morgan fingerprint density at radius 1 is 1.22 bits per heavy atom. The largest absolute Gasteiger partial charge is 0.363 e. The Kier molecular flexibility index (Phi) is 6.87. The number of hydrogen-bond donors (Lipinski definition) is 2. The number of likely N-dealkylation sites (tertiary alicyclic amines) is 1. The minimum absolute atomic E-state index is 0.340. The van der Waals surface area contributed by atoms with Crippen molar-refractivity contribution in [1.82, 2.24) is 24.5 Å². The van der Waals surface area contributed by atoms with Crippen LogP contribution in [0.15, 0.2) is 35.6 Å². The number of fused-ring (bicyclic) bond motifs is 1. The highest BCUT2D eigenvalue weighted by atomic mass is 19.3. The monoisotopic (exact) mass is 496 g/mol. The van der Waals surface area contributed by atoms with Gasteiger partial charge in [-0.2, -0.15) is 0 Å². The molecule has 2 aliphatic rings. The van der Waals surface area contributed by atoms with Crippen LogP contribution >= 0.6 is 0 Å². The Hall–Kier alpha value is -3.14. The van der Waals surface area contributed by atoms with Gasteiger partial charge in [-0.1, -0.05) is 6.92 Å². The molecule has 10 heteroatoms. The second-order valence-corrected chi connectivity index (χ2v) is 10.3. The molecule has 3 aromatic rings. The first-order chi connectivity index (χ1) is 17.3. The fourth-order valence-corrected chi connectivity index (χ4v) is 5.44. The molecule has 1 saturated heterocycles. The molecule has 4 heterocycles. The number of nitrogens with zero attached hydrogens (tertiary/aromatic N) is 6. The summed E-state index contributed by atoms with van der Waals surface area (Å²) in [6, 6.07) is 5.97. The maximum atomic E-state index is 12.9. The second-order valence-electron chi connectivity index (χ2n) is 10.3. The molecule has 1 spiro atoms. The average molecular weight is 497 g/mol. The number of pyridine rings is 1. The normalized spacial score (nSPS) is 18.7. The molecule has 5 rings (SSSR count). The molecular formula is C26H34F2N8. The molecule has 2 N–H and O–H groups in total. The van der Waals surface area contributed by atoms with Crippen LogP contribution < -0.4 is 10.6 Å². The molecule has 0 bridgehead atoms. The molecule has 1 aliphatic carbocycles. The van der Waals surface area contributed by atoms with E-state index >= 15 is 0 Å². The minimum Gasteiger partial charge on any atom is -0.363 e. The number of aromatic nitrogens is 4. The Morgan fingerprint density at radius 3 is 2.69 bits per heavy atom. The number of anilines is 2. The van der Waals surface area contributed by atoms with Gasteiger partial charge in [-0.05, 0) is 69.7 Å². The number of rotatable bonds is 8. The van der Waals surface area contributed by atoms with Gasteiger partial charge in [0.15, 0.2) is 5.82 Å². The first kappa shape index (κ1) is 24.5. The van der Waals surface area contributed by atoms with Crippen LogP contribution in [0.4, 0.5) is 26.2 Å². The Balaban J connectivity index is 1.34. The van der Waals surface area contributed by atoms with E-state index in [1.807, 2.05) is 38.2 Å². The number of halogens is 2. The van der Waals surface area contributed by atoms with Gasteiger partial charge in [-0.3, -0.25) is 4.99 Å². The summed E-state index contributed by atoms with van der Waals surface area (Å²) >= 11 is 0. The van der Waals surface area contributed by atoms with Crippen molar-refractivity contribution in [2.24, 2.45) is 10.4 Å². The van der Waals surface area contributed by atoms with Crippen molar-refractivity contribution in [2.45, 2.75) is 58.4 Å². The van der Waals surface area contributed by atoms with Crippen LogP contribution in [0.1, 0.15) is 46.0 Å². The highest BCUT2D eigenvalue weighted by Gasteiger charge is 2.43. The summed E-state index contributed by atoms with van der Waals surface area (Å²) in [5.41, 5.74) is 4.26. The maximum Gasteiger partial charge on any atom is 0.255 e. The Labute approximate surface area is 210 Å². The summed E-state index contributed by atoms with van der Waals surface area (Å²) in [5, 5.41) is 10.9. The molecule has 36 heavy (non-hydrogen) atoms. The van der Waals surface area contributed by atoms with E-state index < -0.39 is 13.0 Å². The molecule has 192 valence electrons. The summed E-state index contributed by atoms with van der Waals surface area (Å²) in [5.74, 6) is 0.954. The first-order valence-corrected chi connectivity index (χ1v) is 12.7. The first-order valence-electron chi connectivity index (χ1n) is 12.7. The SMILES string of the molecule is CCC(C)=Nc1ccc(-c2ccn3nc(NC4CCC5(CC4)CN(C)C5)ncc23)nc1NCC(F)F. The van der Waals surface area contributed by atoms with E-state index in [4.69, 9.17) is 0 Å². The smallest absolute Gasteiger partial charge is 0.255 e. The fraction of sp³-hybridized carbons (Fsp3) is 0.538. The van der Waals surface area contributed by atoms with Crippen molar-refractivity contribution in [3.05, 3.63) is 30.6 Å². The fourth-order valence-electron chi connectivity index (χ4n) is 5.44. The number of nitrogens with one attached hydrogen (secondary N) is 2. The molecule has 3 aromatic heterocycles. The molecule has 1 aliphatic heterocycles. The molecule has 1 saturated carbocycles. The lowest BCUT2D eigenvalue weighted by atomic mass is 9.67. The zero-order chi connectivity index (χ0) is 25.3. The summed E-state index contributed by atoms with van der Waals surface area (Å²) < 4.78 is 27.6. The standard InChI is InChI=1S/C26H34F2N8/c1-4-17(2)31-21-6-5-20(33-24(21)29-14-23(27)28)19-9-12-36-22(19)13-30-25(34-36)32-18-7-10-26(11-8-18)15-35(3)16-26/h5-6,9,12-13,18,23H,4,7-8,10-11,14-16H2,1-3H3,(H,29,33)(H,32,34). The van der Waals surface area contributed by atoms with Gasteiger partial charge < -0.3 is 15.5 Å². The zero-order valence-corrected chi connectivity index (χ0v) is 21.1. The summed E-state index contributed by atoms with van der Waals surface area (Å²) in [6.07, 6.45) is 6.71. The van der Waals surface area contributed by atoms with Crippen molar-refractivity contribution in [3.63, 3.8) is 0 Å². The van der Waals surface area contributed by atoms with Gasteiger partial charge in [0.05, 0.1) is 24.0 Å². The van der Waals surface area contributed by atoms with Crippen molar-refractivity contribution < 1.29 is 8.78 Å². The second kappa shape index (κ2) is 10.1. The van der Waals surface area contributed by atoms with Crippen LogP contribution in [0.2, 0.25) is 0 Å². The van der Waals surface area contributed by atoms with Gasteiger partial charge in [0.25, 0.3) is 6.43 Å². The van der Waals surface area contributed by atoms with E-state index in [-0.39, 0.29) is 0 Å². The van der Waals surface area contributed by atoms with Crippen LogP contribution in [0.5, 0.6) is 0 Å². The maximum absolute atomic E-state index is 12.9. The number of alkyl halides is 2. The van der Waals surface area contributed by atoms with Crippen molar-refractivity contribution >= 4 is 28.7 Å². The van der Waals surface area contributed by atoms with Crippen LogP contribution in [-0.2, 0) is 0 Å². The molecule has 0 unspecified atom stereocenters. The van der Waals surface area contributed by atoms with Crippen molar-refractivity contribution in [1.29, 1.82) is 0 Å². The lowest BCUT2D eigenvalue weighted by molar-refractivity contribution is -0.0117. The summed E-state index contributed by atoms with van der Waals surface area (Å²) in [7, 11) is 2.19. The number of hydrogen-bond acceptors (Lipinski definition) is 7. The van der Waals surface area contributed by atoms with Crippen molar-refractivity contribution in [2.75, 3.05) is 37.3 Å². The zero-order valence-electron chi connectivity index (χ0n) is 21.1. The molecule has 0 atom stereocenters. The highest BCUT2D eigenvalue weighted by Crippen LogP contribution is 2.43. The van der Waals surface area contributed by atoms with E-state index in [0.29, 0.717) is 34.6 Å². The molecule has 0 amide bonds. The van der Waals surface area contributed by atoms with Crippen LogP contribution in [0, 0.1) is 5.41 Å². The third kappa shape index (κ3) is 5.18. The van der Waals surface area contributed by atoms with E-state index in [1.54, 1.807) is 10.7 Å². The van der Waals surface area contributed by atoms with Crippen LogP contribution in [0.3, 0.4) is 0 Å². The summed E-state index contributed by atoms with van der Waals surface area (Å²) in [6.45, 7) is 5.85. The lowest BCUT2D eigenvalue weighted by Gasteiger charge is -2.52. The Morgan fingerprint density at radius 2 is 2.00 bits per heavy atom. The van der Waals surface area contributed by atoms with Gasteiger partial charge in [0.2, 0.25) is 5.95 Å². The van der Waals surface area contributed by atoms with Gasteiger partial charge in [0.1, 0.15) is 5.69 Å². The third-order valence-corrected chi connectivity index (χ3v) is 7.40. The minimum atomic E-state index is -2.49. The molecule has 0 radical (unpaired) electrons. The van der Waals surface area contributed by atoms with Crippen LogP contribution in [-0.4, -0.2) is 69.3 Å². The quantitative estimate of drug-likeness (QED) is 0.414. The highest BCUT2D eigenvalue weighted by molar-refractivity contribution is 5.87. The molecular weight excluding hydrogens is 462 g/mol. The van der Waals surface area contributed by atoms with E-state index in [2.05, 4.69) is 42.6 Å². The predicted molar refractivity (Wildman–Crippen MR) is 140 cm³/mol. The van der Waals surface area contributed by atoms with Gasteiger partial charge in [0, 0.05) is 36.6 Å². The van der Waals surface area contributed by atoms with Crippen molar-refractivity contribution in [3.8, 4) is 11.3 Å². The number of aliphatic imine (C=N–C) groups is 1. The molecule has 0 aromatic carbocycles. The average Bonchev–Trinajstić information content (AvgIpc) is 3.27. The lowest BCUT2D eigenvalue weighted by Crippen LogP contribution is -2.56.